The number of rotatable bonds is 6. The van der Waals surface area contributed by atoms with E-state index in [2.05, 4.69) is 42.8 Å². The average molecular weight is 433 g/mol. The Morgan fingerprint density at radius 1 is 1.13 bits per heavy atom. The molecule has 0 saturated carbocycles. The van der Waals surface area contributed by atoms with Crippen LogP contribution in [0, 0.1) is 5.92 Å². The van der Waals surface area contributed by atoms with Gasteiger partial charge in [0.15, 0.2) is 0 Å². The molecule has 1 aromatic carbocycles. The molecule has 0 unspecified atom stereocenters. The van der Waals surface area contributed by atoms with Gasteiger partial charge in [-0.15, -0.1) is 11.3 Å². The van der Waals surface area contributed by atoms with E-state index in [1.165, 1.54) is 11.2 Å². The lowest BCUT2D eigenvalue weighted by atomic mass is 9.96. The molecular formula is C23H24N6OS. The molecule has 1 amide bonds. The number of carbonyl (C=O) groups is 1. The van der Waals surface area contributed by atoms with Crippen LogP contribution in [0.3, 0.4) is 0 Å². The van der Waals surface area contributed by atoms with Crippen molar-refractivity contribution in [3.05, 3.63) is 65.1 Å². The van der Waals surface area contributed by atoms with Crippen LogP contribution >= 0.6 is 11.3 Å². The maximum atomic E-state index is 12.6. The molecule has 4 heterocycles. The van der Waals surface area contributed by atoms with Crippen LogP contribution in [0.4, 0.5) is 5.82 Å². The summed E-state index contributed by atoms with van der Waals surface area (Å²) in [6, 6.07) is 16.3. The zero-order valence-corrected chi connectivity index (χ0v) is 18.0. The molecule has 158 valence electrons. The molecule has 31 heavy (non-hydrogen) atoms. The largest absolute Gasteiger partial charge is 0.356 e. The molecule has 0 spiro atoms. The summed E-state index contributed by atoms with van der Waals surface area (Å²) in [5, 5.41) is 9.55. The Balaban J connectivity index is 1.26. The Hall–Kier alpha value is -3.26. The van der Waals surface area contributed by atoms with Gasteiger partial charge in [-0.05, 0) is 30.7 Å². The number of thiophene rings is 1. The Labute approximate surface area is 184 Å². The zero-order valence-electron chi connectivity index (χ0n) is 17.1. The quantitative estimate of drug-likeness (QED) is 0.505. The van der Waals surface area contributed by atoms with Gasteiger partial charge < -0.3 is 10.2 Å². The second-order valence-electron chi connectivity index (χ2n) is 7.72. The highest BCUT2D eigenvalue weighted by atomic mass is 32.1. The molecule has 1 N–H and O–H groups in total. The molecule has 5 rings (SSSR count). The van der Waals surface area contributed by atoms with Gasteiger partial charge in [-0.1, -0.05) is 36.4 Å². The third-order valence-electron chi connectivity index (χ3n) is 5.74. The molecule has 1 aliphatic heterocycles. The third kappa shape index (κ3) is 4.29. The van der Waals surface area contributed by atoms with E-state index in [-0.39, 0.29) is 11.8 Å². The number of carbonyl (C=O) groups excluding carboxylic acids is 1. The number of nitrogens with one attached hydrogen (secondary N) is 1. The fourth-order valence-electron chi connectivity index (χ4n) is 4.06. The van der Waals surface area contributed by atoms with Crippen LogP contribution in [0.2, 0.25) is 0 Å². The van der Waals surface area contributed by atoms with Gasteiger partial charge >= 0.3 is 0 Å². The predicted octanol–water partition coefficient (Wildman–Crippen LogP) is 3.43. The summed E-state index contributed by atoms with van der Waals surface area (Å²) in [5.74, 6) is 1.78. The van der Waals surface area contributed by atoms with E-state index in [1.807, 2.05) is 36.4 Å². The number of amides is 1. The van der Waals surface area contributed by atoms with Crippen LogP contribution < -0.4 is 10.2 Å². The predicted molar refractivity (Wildman–Crippen MR) is 122 cm³/mol. The Bertz CT molecular complexity index is 1150. The van der Waals surface area contributed by atoms with Crippen LogP contribution in [-0.2, 0) is 11.2 Å². The smallest absolute Gasteiger partial charge is 0.254 e. The standard InChI is InChI=1S/C23H24N6OS/c30-22(24-11-8-19-7-4-14-31-19)18-9-12-28(13-10-18)21-15-20(17-5-2-1-3-6-17)27-23-25-16-26-29(21)23/h1-7,14-16,18H,8-13H2,(H,24,30). The Morgan fingerprint density at radius 2 is 1.97 bits per heavy atom. The first-order valence-corrected chi connectivity index (χ1v) is 11.5. The van der Waals surface area contributed by atoms with Gasteiger partial charge in [0.05, 0.1) is 5.69 Å². The number of fused-ring (bicyclic) bond motifs is 1. The summed E-state index contributed by atoms with van der Waals surface area (Å²) in [6.45, 7) is 2.30. The summed E-state index contributed by atoms with van der Waals surface area (Å²) in [6.07, 6.45) is 4.08. The van der Waals surface area contributed by atoms with Gasteiger partial charge in [0, 0.05) is 42.1 Å². The lowest BCUT2D eigenvalue weighted by molar-refractivity contribution is -0.125. The summed E-state index contributed by atoms with van der Waals surface area (Å²) in [7, 11) is 0. The maximum Gasteiger partial charge on any atom is 0.254 e. The Kier molecular flexibility index (Phi) is 5.62. The van der Waals surface area contributed by atoms with Crippen LogP contribution in [0.1, 0.15) is 17.7 Å². The molecule has 0 bridgehead atoms. The molecule has 1 aliphatic rings. The van der Waals surface area contributed by atoms with Gasteiger partial charge in [0.1, 0.15) is 12.1 Å². The molecule has 1 fully saturated rings. The molecule has 4 aromatic rings. The van der Waals surface area contributed by atoms with Crippen molar-refractivity contribution in [2.24, 2.45) is 5.92 Å². The average Bonchev–Trinajstić information content (AvgIpc) is 3.51. The van der Waals surface area contributed by atoms with Crippen molar-refractivity contribution in [2.75, 3.05) is 24.5 Å². The molecule has 7 nitrogen and oxygen atoms in total. The van der Waals surface area contributed by atoms with Crippen molar-refractivity contribution in [3.63, 3.8) is 0 Å². The molecule has 0 atom stereocenters. The van der Waals surface area contributed by atoms with Crippen molar-refractivity contribution in [1.29, 1.82) is 0 Å². The fourth-order valence-corrected chi connectivity index (χ4v) is 4.77. The lowest BCUT2D eigenvalue weighted by Gasteiger charge is -2.33. The monoisotopic (exact) mass is 432 g/mol. The van der Waals surface area contributed by atoms with Crippen LogP contribution in [0.25, 0.3) is 17.0 Å². The molecule has 1 saturated heterocycles. The number of aromatic nitrogens is 4. The number of nitrogens with zero attached hydrogens (tertiary/aromatic N) is 5. The highest BCUT2D eigenvalue weighted by molar-refractivity contribution is 7.09. The van der Waals surface area contributed by atoms with Crippen molar-refractivity contribution in [2.45, 2.75) is 19.3 Å². The van der Waals surface area contributed by atoms with E-state index in [1.54, 1.807) is 15.9 Å². The Morgan fingerprint density at radius 3 is 2.74 bits per heavy atom. The van der Waals surface area contributed by atoms with Gasteiger partial charge in [0.25, 0.3) is 5.78 Å². The van der Waals surface area contributed by atoms with Gasteiger partial charge in [-0.25, -0.2) is 4.98 Å². The van der Waals surface area contributed by atoms with E-state index in [0.717, 1.165) is 49.4 Å². The molecule has 0 radical (unpaired) electrons. The van der Waals surface area contributed by atoms with Crippen molar-refractivity contribution >= 4 is 28.8 Å². The van der Waals surface area contributed by atoms with E-state index >= 15 is 0 Å². The van der Waals surface area contributed by atoms with E-state index < -0.39 is 0 Å². The summed E-state index contributed by atoms with van der Waals surface area (Å²) < 4.78 is 1.79. The van der Waals surface area contributed by atoms with E-state index in [0.29, 0.717) is 12.3 Å². The third-order valence-corrected chi connectivity index (χ3v) is 6.68. The number of anilines is 1. The minimum absolute atomic E-state index is 0.0567. The van der Waals surface area contributed by atoms with E-state index in [9.17, 15) is 4.79 Å². The number of hydrogen-bond donors (Lipinski definition) is 1. The summed E-state index contributed by atoms with van der Waals surface area (Å²) in [5.41, 5.74) is 1.93. The second-order valence-corrected chi connectivity index (χ2v) is 8.75. The number of benzene rings is 1. The number of piperidine rings is 1. The molecule has 3 aromatic heterocycles. The van der Waals surface area contributed by atoms with Crippen molar-refractivity contribution < 1.29 is 4.79 Å². The first kappa shape index (κ1) is 19.7. The van der Waals surface area contributed by atoms with Gasteiger partial charge in [0.2, 0.25) is 5.91 Å². The number of hydrogen-bond acceptors (Lipinski definition) is 6. The van der Waals surface area contributed by atoms with Crippen LogP contribution in [0.15, 0.2) is 60.2 Å². The SMILES string of the molecule is O=C(NCCc1cccs1)C1CCN(c2cc(-c3ccccc3)nc3ncnn23)CC1. The van der Waals surface area contributed by atoms with Crippen molar-refractivity contribution in [3.8, 4) is 11.3 Å². The first-order valence-electron chi connectivity index (χ1n) is 10.6. The van der Waals surface area contributed by atoms with Crippen molar-refractivity contribution in [1.82, 2.24) is 24.9 Å². The summed E-state index contributed by atoms with van der Waals surface area (Å²) >= 11 is 1.73. The van der Waals surface area contributed by atoms with Crippen LogP contribution in [0.5, 0.6) is 0 Å². The molecule has 8 heteroatoms. The molecular weight excluding hydrogens is 408 g/mol. The minimum atomic E-state index is 0.0567. The molecule has 0 aliphatic carbocycles. The van der Waals surface area contributed by atoms with Gasteiger partial charge in [-0.3, -0.25) is 4.79 Å². The normalized spacial score (nSPS) is 14.8. The minimum Gasteiger partial charge on any atom is -0.356 e. The first-order chi connectivity index (χ1) is 15.3. The van der Waals surface area contributed by atoms with Gasteiger partial charge in [-0.2, -0.15) is 14.6 Å². The van der Waals surface area contributed by atoms with E-state index in [4.69, 9.17) is 0 Å². The zero-order chi connectivity index (χ0) is 21.0. The lowest BCUT2D eigenvalue weighted by Crippen LogP contribution is -2.41. The topological polar surface area (TPSA) is 75.4 Å². The highest BCUT2D eigenvalue weighted by Crippen LogP contribution is 2.27. The highest BCUT2D eigenvalue weighted by Gasteiger charge is 2.26. The fraction of sp³-hybridized carbons (Fsp3) is 0.304. The second kappa shape index (κ2) is 8.85. The van der Waals surface area contributed by atoms with Crippen LogP contribution in [-0.4, -0.2) is 45.1 Å². The summed E-state index contributed by atoms with van der Waals surface area (Å²) in [4.78, 5) is 25.2. The maximum absolute atomic E-state index is 12.6.